The van der Waals surface area contributed by atoms with Crippen molar-refractivity contribution in [2.24, 2.45) is 10.9 Å². The zero-order chi connectivity index (χ0) is 16.5. The fourth-order valence-corrected chi connectivity index (χ4v) is 2.76. The van der Waals surface area contributed by atoms with E-state index in [1.165, 1.54) is 6.42 Å². The molecule has 2 heterocycles. The zero-order valence-electron chi connectivity index (χ0n) is 14.5. The number of carbonyl (C=O) groups is 1. The summed E-state index contributed by atoms with van der Waals surface area (Å²) in [5, 5.41) is 6.38. The first kappa shape index (κ1) is 20.7. The standard InChI is InChI=1S/C17H27N5O.HI/c1-14-6-5-11-22(13-14)16(23)8-10-20-17(18-2)21-12-15-7-3-4-9-19-15;/h3-4,7,9,14H,5-6,8,10-13H2,1-2H3,(H2,18,20,21);1H. The van der Waals surface area contributed by atoms with Crippen LogP contribution in [0.25, 0.3) is 0 Å². The first-order valence-corrected chi connectivity index (χ1v) is 8.31. The van der Waals surface area contributed by atoms with Gasteiger partial charge in [-0.15, -0.1) is 24.0 Å². The summed E-state index contributed by atoms with van der Waals surface area (Å²) in [7, 11) is 1.72. The number of hydrogen-bond donors (Lipinski definition) is 2. The Morgan fingerprint density at radius 2 is 2.25 bits per heavy atom. The number of piperidine rings is 1. The third kappa shape index (κ3) is 7.02. The Balaban J connectivity index is 0.00000288. The normalized spacial score (nSPS) is 17.8. The number of likely N-dealkylation sites (tertiary alicyclic amines) is 1. The van der Waals surface area contributed by atoms with Gasteiger partial charge in [-0.2, -0.15) is 0 Å². The van der Waals surface area contributed by atoms with Crippen LogP contribution in [0.1, 0.15) is 31.9 Å². The highest BCUT2D eigenvalue weighted by atomic mass is 127. The highest BCUT2D eigenvalue weighted by Gasteiger charge is 2.20. The molecule has 0 radical (unpaired) electrons. The van der Waals surface area contributed by atoms with Crippen LogP contribution < -0.4 is 10.6 Å². The third-order valence-corrected chi connectivity index (χ3v) is 4.03. The predicted molar refractivity (Wildman–Crippen MR) is 107 cm³/mol. The average molecular weight is 445 g/mol. The van der Waals surface area contributed by atoms with Crippen molar-refractivity contribution >= 4 is 35.8 Å². The van der Waals surface area contributed by atoms with E-state index in [9.17, 15) is 4.79 Å². The van der Waals surface area contributed by atoms with Crippen LogP contribution >= 0.6 is 24.0 Å². The quantitative estimate of drug-likeness (QED) is 0.414. The molecule has 6 nitrogen and oxygen atoms in total. The second-order valence-corrected chi connectivity index (χ2v) is 6.01. The van der Waals surface area contributed by atoms with Crippen molar-refractivity contribution in [2.45, 2.75) is 32.7 Å². The molecule has 0 saturated carbocycles. The second-order valence-electron chi connectivity index (χ2n) is 6.01. The molecule has 1 aliphatic rings. The van der Waals surface area contributed by atoms with Gasteiger partial charge in [-0.3, -0.25) is 14.8 Å². The Hall–Kier alpha value is -1.38. The summed E-state index contributed by atoms with van der Waals surface area (Å²) >= 11 is 0. The minimum absolute atomic E-state index is 0. The predicted octanol–water partition coefficient (Wildman–Crippen LogP) is 2.01. The number of aliphatic imine (C=N–C) groups is 1. The lowest BCUT2D eigenvalue weighted by atomic mass is 10.00. The zero-order valence-corrected chi connectivity index (χ0v) is 16.8. The maximum absolute atomic E-state index is 12.2. The number of guanidine groups is 1. The number of halogens is 1. The number of nitrogens with zero attached hydrogens (tertiary/aromatic N) is 3. The molecular weight excluding hydrogens is 417 g/mol. The molecule has 1 aliphatic heterocycles. The lowest BCUT2D eigenvalue weighted by molar-refractivity contribution is -0.132. The van der Waals surface area contributed by atoms with Gasteiger partial charge in [0.15, 0.2) is 5.96 Å². The van der Waals surface area contributed by atoms with Crippen molar-refractivity contribution in [1.29, 1.82) is 0 Å². The molecule has 134 valence electrons. The SMILES string of the molecule is CN=C(NCCC(=O)N1CCCC(C)C1)NCc1ccccn1.I. The maximum Gasteiger partial charge on any atom is 0.224 e. The molecule has 7 heteroatoms. The van der Waals surface area contributed by atoms with Crippen molar-refractivity contribution in [3.8, 4) is 0 Å². The molecular formula is C17H28IN5O. The topological polar surface area (TPSA) is 69.6 Å². The van der Waals surface area contributed by atoms with E-state index in [4.69, 9.17) is 0 Å². The van der Waals surface area contributed by atoms with Crippen LogP contribution in [0.3, 0.4) is 0 Å². The first-order chi connectivity index (χ1) is 11.2. The molecule has 1 unspecified atom stereocenters. The number of hydrogen-bond acceptors (Lipinski definition) is 3. The van der Waals surface area contributed by atoms with Gasteiger partial charge < -0.3 is 15.5 Å². The largest absolute Gasteiger partial charge is 0.356 e. The van der Waals surface area contributed by atoms with Gasteiger partial charge in [0.25, 0.3) is 0 Å². The monoisotopic (exact) mass is 445 g/mol. The third-order valence-electron chi connectivity index (χ3n) is 4.03. The minimum atomic E-state index is 0. The summed E-state index contributed by atoms with van der Waals surface area (Å²) in [6.07, 6.45) is 4.61. The summed E-state index contributed by atoms with van der Waals surface area (Å²) in [6.45, 7) is 5.20. The Morgan fingerprint density at radius 1 is 1.42 bits per heavy atom. The molecule has 0 aliphatic carbocycles. The maximum atomic E-state index is 12.2. The molecule has 0 spiro atoms. The molecule has 1 saturated heterocycles. The fourth-order valence-electron chi connectivity index (χ4n) is 2.76. The number of carbonyl (C=O) groups excluding carboxylic acids is 1. The van der Waals surface area contributed by atoms with Gasteiger partial charge in [0.1, 0.15) is 0 Å². The Morgan fingerprint density at radius 3 is 2.92 bits per heavy atom. The molecule has 2 N–H and O–H groups in total. The number of nitrogens with one attached hydrogen (secondary N) is 2. The Labute approximate surface area is 161 Å². The second kappa shape index (κ2) is 11.2. The van der Waals surface area contributed by atoms with Crippen molar-refractivity contribution in [3.63, 3.8) is 0 Å². The van der Waals surface area contributed by atoms with Gasteiger partial charge >= 0.3 is 0 Å². The lowest BCUT2D eigenvalue weighted by Gasteiger charge is -2.31. The molecule has 1 fully saturated rings. The van der Waals surface area contributed by atoms with Crippen LogP contribution in [-0.4, -0.2) is 48.4 Å². The molecule has 1 atom stereocenters. The van der Waals surface area contributed by atoms with Gasteiger partial charge in [-0.1, -0.05) is 13.0 Å². The van der Waals surface area contributed by atoms with Gasteiger partial charge in [-0.25, -0.2) is 0 Å². The van der Waals surface area contributed by atoms with E-state index in [0.29, 0.717) is 31.4 Å². The summed E-state index contributed by atoms with van der Waals surface area (Å²) in [6, 6.07) is 5.81. The summed E-state index contributed by atoms with van der Waals surface area (Å²) in [4.78, 5) is 22.6. The van der Waals surface area contributed by atoms with Gasteiger partial charge in [-0.05, 0) is 30.9 Å². The van der Waals surface area contributed by atoms with Gasteiger partial charge in [0.05, 0.1) is 12.2 Å². The molecule has 0 aromatic carbocycles. The van der Waals surface area contributed by atoms with Crippen LogP contribution in [0.4, 0.5) is 0 Å². The fraction of sp³-hybridized carbons (Fsp3) is 0.588. The number of amides is 1. The Kier molecular flexibility index (Phi) is 9.66. The van der Waals surface area contributed by atoms with E-state index in [1.807, 2.05) is 23.1 Å². The Bertz CT molecular complexity index is 523. The number of pyridine rings is 1. The molecule has 0 bridgehead atoms. The molecule has 1 aromatic rings. The van der Waals surface area contributed by atoms with Crippen molar-refractivity contribution in [3.05, 3.63) is 30.1 Å². The van der Waals surface area contributed by atoms with Crippen LogP contribution in [0, 0.1) is 5.92 Å². The van der Waals surface area contributed by atoms with Crippen molar-refractivity contribution < 1.29 is 4.79 Å². The van der Waals surface area contributed by atoms with Crippen LogP contribution in [-0.2, 0) is 11.3 Å². The summed E-state index contributed by atoms with van der Waals surface area (Å²) in [5.41, 5.74) is 0.953. The molecule has 24 heavy (non-hydrogen) atoms. The highest BCUT2D eigenvalue weighted by Crippen LogP contribution is 2.15. The molecule has 1 aromatic heterocycles. The van der Waals surface area contributed by atoms with E-state index in [1.54, 1.807) is 13.2 Å². The van der Waals surface area contributed by atoms with Crippen LogP contribution in [0.2, 0.25) is 0 Å². The smallest absolute Gasteiger partial charge is 0.224 e. The van der Waals surface area contributed by atoms with Crippen LogP contribution in [0.5, 0.6) is 0 Å². The van der Waals surface area contributed by atoms with Crippen molar-refractivity contribution in [1.82, 2.24) is 20.5 Å². The minimum Gasteiger partial charge on any atom is -0.356 e. The lowest BCUT2D eigenvalue weighted by Crippen LogP contribution is -2.42. The first-order valence-electron chi connectivity index (χ1n) is 8.31. The molecule has 2 rings (SSSR count). The van der Waals surface area contributed by atoms with Crippen LogP contribution in [0.15, 0.2) is 29.4 Å². The van der Waals surface area contributed by atoms with E-state index >= 15 is 0 Å². The summed E-state index contributed by atoms with van der Waals surface area (Å²) in [5.74, 6) is 1.54. The van der Waals surface area contributed by atoms with Gasteiger partial charge in [0, 0.05) is 39.3 Å². The summed E-state index contributed by atoms with van der Waals surface area (Å²) < 4.78 is 0. The number of rotatable bonds is 5. The average Bonchev–Trinajstić information content (AvgIpc) is 2.58. The molecule has 1 amide bonds. The van der Waals surface area contributed by atoms with Crippen molar-refractivity contribution in [2.75, 3.05) is 26.7 Å². The van der Waals surface area contributed by atoms with E-state index in [2.05, 4.69) is 27.5 Å². The number of aromatic nitrogens is 1. The van der Waals surface area contributed by atoms with E-state index in [0.717, 1.165) is 25.2 Å². The highest BCUT2D eigenvalue weighted by molar-refractivity contribution is 14.0. The van der Waals surface area contributed by atoms with E-state index < -0.39 is 0 Å². The van der Waals surface area contributed by atoms with Gasteiger partial charge in [0.2, 0.25) is 5.91 Å². The van der Waals surface area contributed by atoms with E-state index in [-0.39, 0.29) is 29.9 Å².